The number of ether oxygens (including phenoxy) is 1. The van der Waals surface area contributed by atoms with Crippen molar-refractivity contribution in [1.29, 1.82) is 0 Å². The first kappa shape index (κ1) is 17.5. The van der Waals surface area contributed by atoms with Crippen LogP contribution in [-0.4, -0.2) is 75.5 Å². The normalized spacial score (nSPS) is 26.5. The van der Waals surface area contributed by atoms with E-state index in [-0.39, 0.29) is 12.2 Å². The molecule has 0 unspecified atom stereocenters. The Morgan fingerprint density at radius 1 is 1.18 bits per heavy atom. The fourth-order valence-corrected chi connectivity index (χ4v) is 3.48. The Hall–Kier alpha value is -0.860. The van der Waals surface area contributed by atoms with Gasteiger partial charge in [-0.05, 0) is 19.3 Å². The van der Waals surface area contributed by atoms with E-state index in [0.717, 1.165) is 45.0 Å². The molecule has 22 heavy (non-hydrogen) atoms. The van der Waals surface area contributed by atoms with Crippen LogP contribution in [0.4, 0.5) is 4.79 Å². The highest BCUT2D eigenvalue weighted by Gasteiger charge is 2.38. The second-order valence-electron chi connectivity index (χ2n) is 6.04. The minimum atomic E-state index is -3.36. The third-order valence-electron chi connectivity index (χ3n) is 4.19. The number of carbonyl (C=O) groups is 1. The number of hydrogen-bond acceptors (Lipinski definition) is 6. The van der Waals surface area contributed by atoms with Gasteiger partial charge in [-0.1, -0.05) is 13.3 Å². The van der Waals surface area contributed by atoms with Crippen molar-refractivity contribution in [2.24, 2.45) is 0 Å². The molecular formula is C14H26N2O5S. The first-order valence-electron chi connectivity index (χ1n) is 7.93. The largest absolute Gasteiger partial charge is 0.449 e. The molecule has 1 saturated carbocycles. The molecule has 0 spiro atoms. The van der Waals surface area contributed by atoms with Crippen LogP contribution in [0.2, 0.25) is 0 Å². The molecular weight excluding hydrogens is 308 g/mol. The Labute approximate surface area is 132 Å². The molecule has 0 bridgehead atoms. The molecule has 2 rings (SSSR count). The molecule has 1 amide bonds. The van der Waals surface area contributed by atoms with Crippen LogP contribution < -0.4 is 0 Å². The van der Waals surface area contributed by atoms with Crippen molar-refractivity contribution in [2.75, 3.05) is 39.0 Å². The molecule has 7 nitrogen and oxygen atoms in total. The van der Waals surface area contributed by atoms with Crippen molar-refractivity contribution < 1.29 is 22.1 Å². The SMILES string of the molecule is CCCCOC(=O)N1CCN(C2CC(OS(C)(=O)=O)C2)CC1. The summed E-state index contributed by atoms with van der Waals surface area (Å²) in [5, 5.41) is 0. The zero-order valence-corrected chi connectivity index (χ0v) is 14.2. The predicted octanol–water partition coefficient (Wildman–Crippen LogP) is 1.05. The van der Waals surface area contributed by atoms with Crippen LogP contribution in [0, 0.1) is 0 Å². The van der Waals surface area contributed by atoms with Gasteiger partial charge in [0.25, 0.3) is 10.1 Å². The Morgan fingerprint density at radius 2 is 1.82 bits per heavy atom. The molecule has 0 aromatic heterocycles. The number of carbonyl (C=O) groups excluding carboxylic acids is 1. The van der Waals surface area contributed by atoms with E-state index < -0.39 is 10.1 Å². The molecule has 8 heteroatoms. The smallest absolute Gasteiger partial charge is 0.409 e. The maximum Gasteiger partial charge on any atom is 0.409 e. The van der Waals surface area contributed by atoms with E-state index in [0.29, 0.717) is 25.7 Å². The van der Waals surface area contributed by atoms with E-state index in [1.54, 1.807) is 4.90 Å². The minimum absolute atomic E-state index is 0.183. The zero-order valence-electron chi connectivity index (χ0n) is 13.4. The number of amides is 1. The highest BCUT2D eigenvalue weighted by atomic mass is 32.2. The summed E-state index contributed by atoms with van der Waals surface area (Å²) in [6, 6.07) is 0.366. The van der Waals surface area contributed by atoms with Crippen molar-refractivity contribution in [1.82, 2.24) is 9.80 Å². The van der Waals surface area contributed by atoms with Crippen molar-refractivity contribution in [2.45, 2.75) is 44.8 Å². The van der Waals surface area contributed by atoms with Gasteiger partial charge in [-0.25, -0.2) is 4.79 Å². The van der Waals surface area contributed by atoms with Crippen molar-refractivity contribution >= 4 is 16.2 Å². The first-order valence-corrected chi connectivity index (χ1v) is 9.74. The van der Waals surface area contributed by atoms with E-state index in [4.69, 9.17) is 8.92 Å². The van der Waals surface area contributed by atoms with Gasteiger partial charge in [0, 0.05) is 32.2 Å². The molecule has 0 aromatic rings. The summed E-state index contributed by atoms with van der Waals surface area (Å²) in [5.41, 5.74) is 0. The average Bonchev–Trinajstić information content (AvgIpc) is 2.42. The topological polar surface area (TPSA) is 76.2 Å². The number of piperazine rings is 1. The maximum atomic E-state index is 11.8. The highest BCUT2D eigenvalue weighted by molar-refractivity contribution is 7.86. The van der Waals surface area contributed by atoms with Gasteiger partial charge < -0.3 is 9.64 Å². The molecule has 0 aromatic carbocycles. The van der Waals surface area contributed by atoms with Crippen LogP contribution in [0.25, 0.3) is 0 Å². The van der Waals surface area contributed by atoms with Gasteiger partial charge >= 0.3 is 6.09 Å². The summed E-state index contributed by atoms with van der Waals surface area (Å²) >= 11 is 0. The fraction of sp³-hybridized carbons (Fsp3) is 0.929. The second-order valence-corrected chi connectivity index (χ2v) is 7.64. The van der Waals surface area contributed by atoms with Crippen LogP contribution >= 0.6 is 0 Å². The van der Waals surface area contributed by atoms with Crippen molar-refractivity contribution in [3.8, 4) is 0 Å². The van der Waals surface area contributed by atoms with Crippen LogP contribution in [0.15, 0.2) is 0 Å². The molecule has 0 radical (unpaired) electrons. The van der Waals surface area contributed by atoms with Gasteiger partial charge in [-0.3, -0.25) is 9.08 Å². The lowest BCUT2D eigenvalue weighted by atomic mass is 9.88. The Balaban J connectivity index is 1.65. The van der Waals surface area contributed by atoms with Gasteiger partial charge in [0.1, 0.15) is 0 Å². The van der Waals surface area contributed by atoms with E-state index in [1.807, 2.05) is 0 Å². The van der Waals surface area contributed by atoms with Crippen molar-refractivity contribution in [3.05, 3.63) is 0 Å². The summed E-state index contributed by atoms with van der Waals surface area (Å²) < 4.78 is 32.3. The summed E-state index contributed by atoms with van der Waals surface area (Å²) in [5.74, 6) is 0. The van der Waals surface area contributed by atoms with E-state index in [1.165, 1.54) is 0 Å². The lowest BCUT2D eigenvalue weighted by Crippen LogP contribution is -2.56. The third kappa shape index (κ3) is 5.10. The molecule has 1 aliphatic carbocycles. The Kier molecular flexibility index (Phi) is 6.05. The first-order chi connectivity index (χ1) is 10.4. The van der Waals surface area contributed by atoms with Gasteiger partial charge in [-0.2, -0.15) is 8.42 Å². The standard InChI is InChI=1S/C14H26N2O5S/c1-3-4-9-20-14(17)16-7-5-15(6-8-16)12-10-13(11-12)21-22(2,18)19/h12-13H,3-11H2,1-2H3. The van der Waals surface area contributed by atoms with Crippen LogP contribution in [0.3, 0.4) is 0 Å². The average molecular weight is 334 g/mol. The Bertz CT molecular complexity index is 468. The lowest BCUT2D eigenvalue weighted by molar-refractivity contribution is -0.00351. The van der Waals surface area contributed by atoms with E-state index in [2.05, 4.69) is 11.8 Å². The molecule has 1 aliphatic heterocycles. The number of unbranched alkanes of at least 4 members (excludes halogenated alkanes) is 1. The second kappa shape index (κ2) is 7.61. The predicted molar refractivity (Wildman–Crippen MR) is 82.1 cm³/mol. The molecule has 2 aliphatic rings. The molecule has 128 valence electrons. The van der Waals surface area contributed by atoms with Gasteiger partial charge in [0.05, 0.1) is 19.0 Å². The third-order valence-corrected chi connectivity index (χ3v) is 4.81. The summed E-state index contributed by atoms with van der Waals surface area (Å²) in [7, 11) is -3.36. The molecule has 2 fully saturated rings. The highest BCUT2D eigenvalue weighted by Crippen LogP contribution is 2.30. The van der Waals surface area contributed by atoms with Crippen LogP contribution in [0.1, 0.15) is 32.6 Å². The molecule has 1 saturated heterocycles. The van der Waals surface area contributed by atoms with E-state index in [9.17, 15) is 13.2 Å². The van der Waals surface area contributed by atoms with Gasteiger partial charge in [-0.15, -0.1) is 0 Å². The molecule has 0 N–H and O–H groups in total. The molecule has 0 atom stereocenters. The number of rotatable bonds is 6. The van der Waals surface area contributed by atoms with Gasteiger partial charge in [0.2, 0.25) is 0 Å². The quantitative estimate of drug-likeness (QED) is 0.534. The maximum absolute atomic E-state index is 11.8. The van der Waals surface area contributed by atoms with Crippen molar-refractivity contribution in [3.63, 3.8) is 0 Å². The van der Waals surface area contributed by atoms with Crippen LogP contribution in [0.5, 0.6) is 0 Å². The summed E-state index contributed by atoms with van der Waals surface area (Å²) in [4.78, 5) is 15.9. The Morgan fingerprint density at radius 3 is 2.36 bits per heavy atom. The summed E-state index contributed by atoms with van der Waals surface area (Å²) in [6.07, 6.45) is 4.08. The lowest BCUT2D eigenvalue weighted by Gasteiger charge is -2.45. The van der Waals surface area contributed by atoms with Gasteiger partial charge in [0.15, 0.2) is 0 Å². The summed E-state index contributed by atoms with van der Waals surface area (Å²) in [6.45, 7) is 5.49. The minimum Gasteiger partial charge on any atom is -0.449 e. The number of nitrogens with zero attached hydrogens (tertiary/aromatic N) is 2. The zero-order chi connectivity index (χ0) is 16.2. The monoisotopic (exact) mass is 334 g/mol. The van der Waals surface area contributed by atoms with Crippen LogP contribution in [-0.2, 0) is 19.0 Å². The fourth-order valence-electron chi connectivity index (χ4n) is 2.83. The molecule has 1 heterocycles. The number of hydrogen-bond donors (Lipinski definition) is 0. The van der Waals surface area contributed by atoms with E-state index >= 15 is 0 Å².